The normalized spacial score (nSPS) is 19.6. The number of rotatable bonds is 6. The standard InChI is InChI=1S/C20H30N4O/c1-16(2)23-11-10-22(15-19(23)7-12-25)14-18-13-17(3)5-6-20(18)24-9-4-8-21-24/h4-6,8-9,13,16,19,25H,7,10-12,14-15H2,1-3H3/t19-/m0/s1. The van der Waals surface area contributed by atoms with E-state index in [1.807, 2.05) is 23.1 Å². The minimum Gasteiger partial charge on any atom is -0.396 e. The Kier molecular flexibility index (Phi) is 5.89. The summed E-state index contributed by atoms with van der Waals surface area (Å²) < 4.78 is 1.95. The van der Waals surface area contributed by atoms with Gasteiger partial charge in [0.05, 0.1) is 5.69 Å². The molecule has 3 rings (SSSR count). The van der Waals surface area contributed by atoms with Gasteiger partial charge in [-0.3, -0.25) is 9.80 Å². The second kappa shape index (κ2) is 8.13. The molecule has 0 bridgehead atoms. The Morgan fingerprint density at radius 2 is 2.12 bits per heavy atom. The Labute approximate surface area is 150 Å². The van der Waals surface area contributed by atoms with Crippen molar-refractivity contribution in [1.82, 2.24) is 19.6 Å². The lowest BCUT2D eigenvalue weighted by molar-refractivity contribution is 0.0349. The molecule has 5 nitrogen and oxygen atoms in total. The number of aryl methyl sites for hydroxylation is 1. The first kappa shape index (κ1) is 18.1. The Morgan fingerprint density at radius 3 is 2.80 bits per heavy atom. The van der Waals surface area contributed by atoms with Gasteiger partial charge < -0.3 is 5.11 Å². The van der Waals surface area contributed by atoms with Gasteiger partial charge in [0, 0.05) is 57.3 Å². The van der Waals surface area contributed by atoms with Crippen molar-refractivity contribution in [3.63, 3.8) is 0 Å². The van der Waals surface area contributed by atoms with E-state index in [0.29, 0.717) is 12.1 Å². The molecule has 5 heteroatoms. The van der Waals surface area contributed by atoms with Crippen molar-refractivity contribution >= 4 is 0 Å². The van der Waals surface area contributed by atoms with Gasteiger partial charge in [-0.25, -0.2) is 4.68 Å². The van der Waals surface area contributed by atoms with Gasteiger partial charge in [-0.15, -0.1) is 0 Å². The van der Waals surface area contributed by atoms with Gasteiger partial charge in [0.25, 0.3) is 0 Å². The summed E-state index contributed by atoms with van der Waals surface area (Å²) in [4.78, 5) is 5.04. The molecule has 0 amide bonds. The van der Waals surface area contributed by atoms with Crippen LogP contribution in [-0.4, -0.2) is 63.0 Å². The summed E-state index contributed by atoms with van der Waals surface area (Å²) in [6, 6.07) is 9.49. The SMILES string of the molecule is Cc1ccc(-n2cccn2)c(CN2CCN(C(C)C)[C@@H](CCO)C2)c1. The Hall–Kier alpha value is -1.69. The molecule has 2 heterocycles. The molecule has 1 atom stereocenters. The molecule has 1 N–H and O–H groups in total. The number of aliphatic hydroxyl groups excluding tert-OH is 1. The van der Waals surface area contributed by atoms with Crippen LogP contribution in [0.1, 0.15) is 31.4 Å². The highest BCUT2D eigenvalue weighted by atomic mass is 16.3. The second-order valence-electron chi connectivity index (χ2n) is 7.32. The molecule has 2 aromatic rings. The Bertz CT molecular complexity index is 668. The molecule has 1 saturated heterocycles. The van der Waals surface area contributed by atoms with Gasteiger partial charge in [0.15, 0.2) is 0 Å². The van der Waals surface area contributed by atoms with Gasteiger partial charge in [-0.2, -0.15) is 5.10 Å². The molecular weight excluding hydrogens is 312 g/mol. The third kappa shape index (κ3) is 4.29. The maximum absolute atomic E-state index is 9.44. The maximum atomic E-state index is 9.44. The summed E-state index contributed by atoms with van der Waals surface area (Å²) >= 11 is 0. The number of nitrogens with zero attached hydrogens (tertiary/aromatic N) is 4. The smallest absolute Gasteiger partial charge is 0.0690 e. The van der Waals surface area contributed by atoms with Crippen LogP contribution in [0.25, 0.3) is 5.69 Å². The second-order valence-corrected chi connectivity index (χ2v) is 7.32. The molecule has 1 aliphatic rings. The fourth-order valence-electron chi connectivity index (χ4n) is 3.88. The van der Waals surface area contributed by atoms with Gasteiger partial charge in [0.2, 0.25) is 0 Å². The Morgan fingerprint density at radius 1 is 1.28 bits per heavy atom. The number of aromatic nitrogens is 2. The molecular formula is C20H30N4O. The zero-order valence-electron chi connectivity index (χ0n) is 15.6. The lowest BCUT2D eigenvalue weighted by Gasteiger charge is -2.43. The third-order valence-corrected chi connectivity index (χ3v) is 5.12. The summed E-state index contributed by atoms with van der Waals surface area (Å²) in [5.74, 6) is 0. The quantitative estimate of drug-likeness (QED) is 0.876. The molecule has 136 valence electrons. The van der Waals surface area contributed by atoms with Crippen molar-refractivity contribution in [3.05, 3.63) is 47.8 Å². The first-order valence-electron chi connectivity index (χ1n) is 9.27. The summed E-state index contributed by atoms with van der Waals surface area (Å²) in [5, 5.41) is 13.8. The molecule has 25 heavy (non-hydrogen) atoms. The predicted molar refractivity (Wildman–Crippen MR) is 101 cm³/mol. The molecule has 1 aromatic carbocycles. The minimum absolute atomic E-state index is 0.255. The molecule has 0 unspecified atom stereocenters. The van der Waals surface area contributed by atoms with Crippen LogP contribution in [-0.2, 0) is 6.54 Å². The van der Waals surface area contributed by atoms with Crippen LogP contribution >= 0.6 is 0 Å². The van der Waals surface area contributed by atoms with Crippen LogP contribution in [0, 0.1) is 6.92 Å². The predicted octanol–water partition coefficient (Wildman–Crippen LogP) is 2.46. The van der Waals surface area contributed by atoms with Gasteiger partial charge in [0.1, 0.15) is 0 Å². The van der Waals surface area contributed by atoms with Crippen LogP contribution in [0.3, 0.4) is 0 Å². The zero-order valence-corrected chi connectivity index (χ0v) is 15.6. The van der Waals surface area contributed by atoms with E-state index >= 15 is 0 Å². The number of hydrogen-bond donors (Lipinski definition) is 1. The van der Waals surface area contributed by atoms with Crippen molar-refractivity contribution in [2.24, 2.45) is 0 Å². The highest BCUT2D eigenvalue weighted by Gasteiger charge is 2.28. The lowest BCUT2D eigenvalue weighted by atomic mass is 10.0. The zero-order chi connectivity index (χ0) is 17.8. The number of benzene rings is 1. The summed E-state index contributed by atoms with van der Waals surface area (Å²) in [7, 11) is 0. The van der Waals surface area contributed by atoms with Gasteiger partial charge in [-0.1, -0.05) is 17.7 Å². The van der Waals surface area contributed by atoms with E-state index in [2.05, 4.69) is 53.9 Å². The average molecular weight is 342 g/mol. The van der Waals surface area contributed by atoms with Crippen LogP contribution in [0.5, 0.6) is 0 Å². The number of aliphatic hydroxyl groups is 1. The number of piperazine rings is 1. The molecule has 1 fully saturated rings. The van der Waals surface area contributed by atoms with E-state index in [1.54, 1.807) is 0 Å². The first-order chi connectivity index (χ1) is 12.1. The van der Waals surface area contributed by atoms with E-state index in [0.717, 1.165) is 38.3 Å². The summed E-state index contributed by atoms with van der Waals surface area (Å²) in [6.07, 6.45) is 4.66. The van der Waals surface area contributed by atoms with Crippen LogP contribution in [0.4, 0.5) is 0 Å². The fourth-order valence-corrected chi connectivity index (χ4v) is 3.88. The monoisotopic (exact) mass is 342 g/mol. The van der Waals surface area contributed by atoms with E-state index in [4.69, 9.17) is 0 Å². The third-order valence-electron chi connectivity index (χ3n) is 5.12. The molecule has 0 aliphatic carbocycles. The van der Waals surface area contributed by atoms with E-state index in [9.17, 15) is 5.11 Å². The minimum atomic E-state index is 0.255. The average Bonchev–Trinajstić information content (AvgIpc) is 3.09. The number of hydrogen-bond acceptors (Lipinski definition) is 4. The fraction of sp³-hybridized carbons (Fsp3) is 0.550. The van der Waals surface area contributed by atoms with E-state index < -0.39 is 0 Å². The van der Waals surface area contributed by atoms with Crippen LogP contribution in [0.15, 0.2) is 36.7 Å². The van der Waals surface area contributed by atoms with Crippen LogP contribution in [0.2, 0.25) is 0 Å². The van der Waals surface area contributed by atoms with E-state index in [-0.39, 0.29) is 6.61 Å². The van der Waals surface area contributed by atoms with Crippen molar-refractivity contribution in [2.75, 3.05) is 26.2 Å². The molecule has 1 aliphatic heterocycles. The highest BCUT2D eigenvalue weighted by Crippen LogP contribution is 2.22. The summed E-state index contributed by atoms with van der Waals surface area (Å²) in [5.41, 5.74) is 3.74. The van der Waals surface area contributed by atoms with E-state index in [1.165, 1.54) is 11.1 Å². The molecule has 0 spiro atoms. The van der Waals surface area contributed by atoms with Crippen molar-refractivity contribution < 1.29 is 5.11 Å². The first-order valence-corrected chi connectivity index (χ1v) is 9.27. The Balaban J connectivity index is 1.77. The topological polar surface area (TPSA) is 44.5 Å². The lowest BCUT2D eigenvalue weighted by Crippen LogP contribution is -2.55. The molecule has 0 saturated carbocycles. The molecule has 1 aromatic heterocycles. The molecule has 0 radical (unpaired) electrons. The van der Waals surface area contributed by atoms with Gasteiger partial charge >= 0.3 is 0 Å². The van der Waals surface area contributed by atoms with Crippen molar-refractivity contribution in [1.29, 1.82) is 0 Å². The van der Waals surface area contributed by atoms with Crippen molar-refractivity contribution in [3.8, 4) is 5.69 Å². The van der Waals surface area contributed by atoms with Crippen molar-refractivity contribution in [2.45, 2.75) is 45.8 Å². The highest BCUT2D eigenvalue weighted by molar-refractivity contribution is 5.42. The maximum Gasteiger partial charge on any atom is 0.0690 e. The van der Waals surface area contributed by atoms with Crippen LogP contribution < -0.4 is 0 Å². The summed E-state index contributed by atoms with van der Waals surface area (Å²) in [6.45, 7) is 10.9. The van der Waals surface area contributed by atoms with Gasteiger partial charge in [-0.05, 0) is 44.9 Å². The largest absolute Gasteiger partial charge is 0.396 e.